The Morgan fingerprint density at radius 3 is 2.48 bits per heavy atom. The fraction of sp³-hybridized carbons (Fsp3) is 0.200. The predicted octanol–water partition coefficient (Wildman–Crippen LogP) is 4.79. The number of nitrogens with one attached hydrogen (secondary N) is 2. The summed E-state index contributed by atoms with van der Waals surface area (Å²) >= 11 is 0. The summed E-state index contributed by atoms with van der Waals surface area (Å²) in [5.41, 5.74) is 1.20. The van der Waals surface area contributed by atoms with Gasteiger partial charge in [-0.3, -0.25) is 9.59 Å². The largest absolute Gasteiger partial charge is 0.477 e. The summed E-state index contributed by atoms with van der Waals surface area (Å²) in [5, 5.41) is 9.75. The van der Waals surface area contributed by atoms with Crippen LogP contribution < -0.4 is 15.4 Å². The van der Waals surface area contributed by atoms with Gasteiger partial charge in [0.1, 0.15) is 22.9 Å². The van der Waals surface area contributed by atoms with Gasteiger partial charge in [-0.2, -0.15) is 5.10 Å². The molecule has 2 aliphatic heterocycles. The van der Waals surface area contributed by atoms with Crippen LogP contribution >= 0.6 is 0 Å². The number of anilines is 1. The zero-order valence-electron chi connectivity index (χ0n) is 21.7. The Hall–Kier alpha value is -4.86. The van der Waals surface area contributed by atoms with Crippen molar-refractivity contribution in [1.29, 1.82) is 0 Å². The van der Waals surface area contributed by atoms with Crippen molar-refractivity contribution in [2.24, 2.45) is 10.4 Å². The Bertz CT molecular complexity index is 1680. The van der Waals surface area contributed by atoms with E-state index in [0.717, 1.165) is 0 Å². The molecule has 3 aromatic carbocycles. The number of hydrogen-bond acceptors (Lipinski definition) is 5. The zero-order chi connectivity index (χ0) is 28.0. The number of fused-ring (bicyclic) bond motifs is 2. The number of ether oxygens (including phenoxy) is 1. The van der Waals surface area contributed by atoms with Crippen LogP contribution in [0.2, 0.25) is 0 Å². The van der Waals surface area contributed by atoms with Crippen LogP contribution in [0.1, 0.15) is 35.3 Å². The van der Waals surface area contributed by atoms with E-state index < -0.39 is 29.6 Å². The number of aromatic nitrogens is 2. The molecule has 2 N–H and O–H groups in total. The van der Waals surface area contributed by atoms with Gasteiger partial charge in [0.25, 0.3) is 11.8 Å². The summed E-state index contributed by atoms with van der Waals surface area (Å²) in [7, 11) is 0. The number of hydrogen-bond donors (Lipinski definition) is 2. The first-order valence-corrected chi connectivity index (χ1v) is 12.7. The van der Waals surface area contributed by atoms with Crippen molar-refractivity contribution in [2.45, 2.75) is 26.6 Å². The van der Waals surface area contributed by atoms with E-state index in [1.165, 1.54) is 28.9 Å². The average molecular weight is 542 g/mol. The van der Waals surface area contributed by atoms with Crippen molar-refractivity contribution in [1.82, 2.24) is 15.1 Å². The second-order valence-electron chi connectivity index (χ2n) is 10.5. The molecule has 6 rings (SSSR count). The number of halogens is 2. The minimum Gasteiger partial charge on any atom is -0.477 e. The minimum atomic E-state index is -1.43. The lowest BCUT2D eigenvalue weighted by atomic mass is 9.94. The topological polar surface area (TPSA) is 97.6 Å². The smallest absolute Gasteiger partial charge is 0.269 e. The molecule has 40 heavy (non-hydrogen) atoms. The molecule has 0 saturated carbocycles. The van der Waals surface area contributed by atoms with Crippen LogP contribution in [0.25, 0.3) is 11.3 Å². The predicted molar refractivity (Wildman–Crippen MR) is 145 cm³/mol. The highest BCUT2D eigenvalue weighted by atomic mass is 19.1. The lowest BCUT2D eigenvalue weighted by molar-refractivity contribution is -0.117. The van der Waals surface area contributed by atoms with Crippen LogP contribution in [0.4, 0.5) is 14.5 Å². The molecule has 1 aromatic heterocycles. The van der Waals surface area contributed by atoms with Crippen molar-refractivity contribution in [3.8, 4) is 17.1 Å². The molecule has 1 atom stereocenters. The molecule has 0 unspecified atom stereocenters. The van der Waals surface area contributed by atoms with Crippen molar-refractivity contribution in [3.05, 3.63) is 101 Å². The third-order valence-electron chi connectivity index (χ3n) is 6.78. The van der Waals surface area contributed by atoms with Gasteiger partial charge in [0.2, 0.25) is 12.0 Å². The first-order valence-electron chi connectivity index (χ1n) is 12.7. The van der Waals surface area contributed by atoms with Crippen molar-refractivity contribution < 1.29 is 23.1 Å². The van der Waals surface area contributed by atoms with E-state index in [0.29, 0.717) is 30.0 Å². The van der Waals surface area contributed by atoms with E-state index in [1.54, 1.807) is 42.5 Å². The van der Waals surface area contributed by atoms with E-state index in [-0.39, 0.29) is 33.8 Å². The molecule has 2 aliphatic rings. The number of aliphatic imine (C=N–C) groups is 1. The maximum Gasteiger partial charge on any atom is 0.269 e. The summed E-state index contributed by atoms with van der Waals surface area (Å²) in [6.07, 6.45) is -1.43. The van der Waals surface area contributed by atoms with Gasteiger partial charge in [-0.15, -0.1) is 0 Å². The van der Waals surface area contributed by atoms with Gasteiger partial charge in [0.05, 0.1) is 24.6 Å². The standard InChI is InChI=1S/C30H25F2N5O3/c1-30(2)15-37-29(40-16-30)22(25(36-37)18-11-6-7-13-20(18)31)27(38)35-26-28(39)34-24-19(12-8-14-21(24)32)23(33-26)17-9-4-3-5-10-17/h3-14,26H,15-16H2,1-2H3,(H,34,39)(H,35,38)/t26-/m1/s1. The quantitative estimate of drug-likeness (QED) is 0.388. The second kappa shape index (κ2) is 9.71. The molecule has 3 heterocycles. The molecule has 0 spiro atoms. The van der Waals surface area contributed by atoms with Crippen LogP contribution in [0.15, 0.2) is 77.8 Å². The molecule has 202 valence electrons. The monoisotopic (exact) mass is 541 g/mol. The van der Waals surface area contributed by atoms with Gasteiger partial charge in [-0.25, -0.2) is 18.5 Å². The van der Waals surface area contributed by atoms with E-state index in [2.05, 4.69) is 20.7 Å². The van der Waals surface area contributed by atoms with Crippen LogP contribution in [0, 0.1) is 17.0 Å². The minimum absolute atomic E-state index is 0.0159. The Morgan fingerprint density at radius 2 is 1.70 bits per heavy atom. The van der Waals surface area contributed by atoms with Crippen molar-refractivity contribution in [3.63, 3.8) is 0 Å². The molecule has 10 heteroatoms. The van der Waals surface area contributed by atoms with Gasteiger partial charge in [0, 0.05) is 22.1 Å². The van der Waals surface area contributed by atoms with Gasteiger partial charge in [-0.05, 0) is 18.2 Å². The molecule has 0 aliphatic carbocycles. The third kappa shape index (κ3) is 4.51. The van der Waals surface area contributed by atoms with Gasteiger partial charge in [-0.1, -0.05) is 68.4 Å². The fourth-order valence-corrected chi connectivity index (χ4v) is 4.88. The number of carbonyl (C=O) groups is 2. The summed E-state index contributed by atoms with van der Waals surface area (Å²) in [6.45, 7) is 4.73. The number of carbonyl (C=O) groups excluding carboxylic acids is 2. The fourth-order valence-electron chi connectivity index (χ4n) is 4.88. The highest BCUT2D eigenvalue weighted by Crippen LogP contribution is 2.37. The van der Waals surface area contributed by atoms with Gasteiger partial charge < -0.3 is 15.4 Å². The number of amides is 2. The first-order chi connectivity index (χ1) is 19.2. The summed E-state index contributed by atoms with van der Waals surface area (Å²) in [6, 6.07) is 19.4. The van der Waals surface area contributed by atoms with E-state index in [9.17, 15) is 18.4 Å². The number of benzodiazepines with no additional fused rings is 1. The van der Waals surface area contributed by atoms with Crippen LogP contribution in [-0.4, -0.2) is 40.1 Å². The van der Waals surface area contributed by atoms with Crippen molar-refractivity contribution >= 4 is 23.2 Å². The maximum atomic E-state index is 14.9. The Kier molecular flexibility index (Phi) is 6.17. The molecular weight excluding hydrogens is 516 g/mol. The Labute approximate surface area is 228 Å². The molecule has 0 fully saturated rings. The van der Waals surface area contributed by atoms with E-state index >= 15 is 0 Å². The SMILES string of the molecule is CC1(C)COc2c(C(=O)N[C@H]3N=C(c4ccccc4)c4cccc(F)c4NC3=O)c(-c3ccccc3F)nn2C1. The zero-order valence-corrected chi connectivity index (χ0v) is 21.7. The number of nitrogens with zero attached hydrogens (tertiary/aromatic N) is 3. The molecule has 2 amide bonds. The molecule has 0 radical (unpaired) electrons. The third-order valence-corrected chi connectivity index (χ3v) is 6.78. The normalized spacial score (nSPS) is 17.4. The Balaban J connectivity index is 1.44. The number of benzene rings is 3. The summed E-state index contributed by atoms with van der Waals surface area (Å²) in [5.74, 6) is -2.49. The highest BCUT2D eigenvalue weighted by molar-refractivity contribution is 6.20. The molecule has 0 saturated heterocycles. The molecular formula is C30H25F2N5O3. The highest BCUT2D eigenvalue weighted by Gasteiger charge is 2.37. The molecule has 4 aromatic rings. The van der Waals surface area contributed by atoms with Crippen LogP contribution in [-0.2, 0) is 11.3 Å². The lowest BCUT2D eigenvalue weighted by Gasteiger charge is -2.30. The summed E-state index contributed by atoms with van der Waals surface area (Å²) < 4.78 is 37.2. The number of rotatable bonds is 4. The van der Waals surface area contributed by atoms with Crippen molar-refractivity contribution in [2.75, 3.05) is 11.9 Å². The maximum absolute atomic E-state index is 14.9. The van der Waals surface area contributed by atoms with Gasteiger partial charge >= 0.3 is 0 Å². The Morgan fingerprint density at radius 1 is 1.00 bits per heavy atom. The van der Waals surface area contributed by atoms with Crippen LogP contribution in [0.3, 0.4) is 0 Å². The van der Waals surface area contributed by atoms with Gasteiger partial charge in [0.15, 0.2) is 0 Å². The number of para-hydroxylation sites is 1. The second-order valence-corrected chi connectivity index (χ2v) is 10.5. The molecule has 8 nitrogen and oxygen atoms in total. The lowest BCUT2D eigenvalue weighted by Crippen LogP contribution is -2.43. The van der Waals surface area contributed by atoms with E-state index in [1.807, 2.05) is 19.9 Å². The molecule has 0 bridgehead atoms. The van der Waals surface area contributed by atoms with E-state index in [4.69, 9.17) is 4.74 Å². The summed E-state index contributed by atoms with van der Waals surface area (Å²) in [4.78, 5) is 31.7. The average Bonchev–Trinajstić information content (AvgIpc) is 3.23. The van der Waals surface area contributed by atoms with Crippen LogP contribution in [0.5, 0.6) is 5.88 Å². The first kappa shape index (κ1) is 25.4.